The summed E-state index contributed by atoms with van der Waals surface area (Å²) in [6, 6.07) is 12.0. The number of amides is 1. The second kappa shape index (κ2) is 7.16. The molecule has 0 bridgehead atoms. The molecule has 3 aromatic rings. The number of anilines is 2. The Kier molecular flexibility index (Phi) is 4.79. The van der Waals surface area contributed by atoms with E-state index in [0.29, 0.717) is 17.1 Å². The maximum Gasteiger partial charge on any atom is 0.267 e. The summed E-state index contributed by atoms with van der Waals surface area (Å²) in [5.74, 6) is 0.498. The Balaban J connectivity index is 1.60. The van der Waals surface area contributed by atoms with E-state index < -0.39 is 16.1 Å². The van der Waals surface area contributed by atoms with E-state index in [2.05, 4.69) is 9.71 Å². The molecule has 1 N–H and O–H groups in total. The molecule has 7 nitrogen and oxygen atoms in total. The fourth-order valence-electron chi connectivity index (χ4n) is 3.02. The van der Waals surface area contributed by atoms with Crippen LogP contribution in [-0.4, -0.2) is 32.5 Å². The number of thiazole rings is 1. The van der Waals surface area contributed by atoms with Crippen LogP contribution in [0.5, 0.6) is 5.75 Å². The van der Waals surface area contributed by atoms with Crippen LogP contribution in [0.1, 0.15) is 12.5 Å². The Morgan fingerprint density at radius 1 is 1.17 bits per heavy atom. The Hall–Kier alpha value is -2.91. The van der Waals surface area contributed by atoms with Crippen LogP contribution < -0.4 is 14.4 Å². The zero-order chi connectivity index (χ0) is 20.8. The van der Waals surface area contributed by atoms with Crippen molar-refractivity contribution in [2.24, 2.45) is 0 Å². The van der Waals surface area contributed by atoms with Gasteiger partial charge in [0, 0.05) is 18.0 Å². The minimum atomic E-state index is -3.71. The van der Waals surface area contributed by atoms with Crippen LogP contribution in [-0.2, 0) is 14.8 Å². The summed E-state index contributed by atoms with van der Waals surface area (Å²) >= 11 is 1.20. The fourth-order valence-corrected chi connectivity index (χ4v) is 4.99. The van der Waals surface area contributed by atoms with E-state index in [1.165, 1.54) is 11.3 Å². The second-order valence-electron chi connectivity index (χ2n) is 6.80. The van der Waals surface area contributed by atoms with Gasteiger partial charge in [0.25, 0.3) is 15.9 Å². The van der Waals surface area contributed by atoms with E-state index in [1.54, 1.807) is 54.6 Å². The number of carbonyl (C=O) groups is 1. The first kappa shape index (κ1) is 19.4. The number of sulfonamides is 1. The third-order valence-electron chi connectivity index (χ3n) is 4.66. The summed E-state index contributed by atoms with van der Waals surface area (Å²) < 4.78 is 33.3. The van der Waals surface area contributed by atoms with Gasteiger partial charge in [-0.3, -0.25) is 9.52 Å². The molecule has 1 amide bonds. The monoisotopic (exact) mass is 429 g/mol. The molecule has 0 fully saturated rings. The summed E-state index contributed by atoms with van der Waals surface area (Å²) in [6.07, 6.45) is -0.527. The van der Waals surface area contributed by atoms with Crippen LogP contribution in [0.3, 0.4) is 0 Å². The van der Waals surface area contributed by atoms with E-state index in [0.717, 1.165) is 11.1 Å². The first-order valence-corrected chi connectivity index (χ1v) is 11.2. The highest BCUT2D eigenvalue weighted by atomic mass is 32.2. The second-order valence-corrected chi connectivity index (χ2v) is 9.34. The maximum atomic E-state index is 12.6. The standard InChI is InChI=1S/C20H19N3O4S2/c1-12-4-7-15(8-5-12)29(25,26)22-20-21-16(11-28-20)14-6-9-18-17(10-14)23(3)19(24)13(2)27-18/h4-11,13H,1-3H3,(H,21,22). The van der Waals surface area contributed by atoms with Gasteiger partial charge in [0.2, 0.25) is 0 Å². The largest absolute Gasteiger partial charge is 0.479 e. The van der Waals surface area contributed by atoms with Gasteiger partial charge in [-0.25, -0.2) is 13.4 Å². The van der Waals surface area contributed by atoms with E-state index >= 15 is 0 Å². The molecular weight excluding hydrogens is 410 g/mol. The molecule has 0 aliphatic carbocycles. The van der Waals surface area contributed by atoms with Crippen molar-refractivity contribution in [1.82, 2.24) is 4.98 Å². The molecule has 29 heavy (non-hydrogen) atoms. The zero-order valence-electron chi connectivity index (χ0n) is 16.0. The predicted octanol–water partition coefficient (Wildman–Crippen LogP) is 3.66. The van der Waals surface area contributed by atoms with Crippen LogP contribution in [0.2, 0.25) is 0 Å². The molecule has 1 unspecified atom stereocenters. The average Bonchev–Trinajstić information content (AvgIpc) is 3.14. The van der Waals surface area contributed by atoms with Gasteiger partial charge in [-0.05, 0) is 44.2 Å². The van der Waals surface area contributed by atoms with Crippen LogP contribution >= 0.6 is 11.3 Å². The van der Waals surface area contributed by atoms with Gasteiger partial charge in [0.05, 0.1) is 16.3 Å². The van der Waals surface area contributed by atoms with Crippen LogP contribution in [0, 0.1) is 6.92 Å². The highest BCUT2D eigenvalue weighted by molar-refractivity contribution is 7.93. The lowest BCUT2D eigenvalue weighted by molar-refractivity contribution is -0.125. The first-order chi connectivity index (χ1) is 13.7. The van der Waals surface area contributed by atoms with Crippen molar-refractivity contribution in [2.75, 3.05) is 16.7 Å². The third-order valence-corrected chi connectivity index (χ3v) is 6.90. The highest BCUT2D eigenvalue weighted by Gasteiger charge is 2.29. The number of ether oxygens (including phenoxy) is 1. The summed E-state index contributed by atoms with van der Waals surface area (Å²) in [5.41, 5.74) is 3.01. The van der Waals surface area contributed by atoms with E-state index in [1.807, 2.05) is 19.1 Å². The van der Waals surface area contributed by atoms with Crippen molar-refractivity contribution < 1.29 is 17.9 Å². The van der Waals surface area contributed by atoms with Gasteiger partial charge < -0.3 is 9.64 Å². The zero-order valence-corrected chi connectivity index (χ0v) is 17.7. The molecule has 2 heterocycles. The number of fused-ring (bicyclic) bond motifs is 1. The molecule has 0 saturated heterocycles. The minimum Gasteiger partial charge on any atom is -0.479 e. The summed E-state index contributed by atoms with van der Waals surface area (Å²) in [6.45, 7) is 3.61. The summed E-state index contributed by atoms with van der Waals surface area (Å²) in [5, 5.41) is 2.04. The van der Waals surface area contributed by atoms with Crippen molar-refractivity contribution >= 4 is 38.1 Å². The predicted molar refractivity (Wildman–Crippen MR) is 113 cm³/mol. The number of carbonyl (C=O) groups excluding carboxylic acids is 1. The Bertz CT molecular complexity index is 1190. The number of aromatic nitrogens is 1. The average molecular weight is 430 g/mol. The quantitative estimate of drug-likeness (QED) is 0.684. The van der Waals surface area contributed by atoms with Gasteiger partial charge in [-0.1, -0.05) is 17.7 Å². The van der Waals surface area contributed by atoms with Gasteiger partial charge in [0.15, 0.2) is 11.2 Å². The van der Waals surface area contributed by atoms with Crippen LogP contribution in [0.15, 0.2) is 52.7 Å². The van der Waals surface area contributed by atoms with E-state index in [4.69, 9.17) is 4.74 Å². The lowest BCUT2D eigenvalue weighted by Gasteiger charge is -2.30. The summed E-state index contributed by atoms with van der Waals surface area (Å²) in [4.78, 5) is 18.3. The number of benzene rings is 2. The van der Waals surface area contributed by atoms with Crippen molar-refractivity contribution in [3.8, 4) is 17.0 Å². The van der Waals surface area contributed by atoms with Gasteiger partial charge >= 0.3 is 0 Å². The number of nitrogens with zero attached hydrogens (tertiary/aromatic N) is 2. The first-order valence-electron chi connectivity index (χ1n) is 8.88. The van der Waals surface area contributed by atoms with Crippen molar-refractivity contribution in [3.63, 3.8) is 0 Å². The maximum absolute atomic E-state index is 12.6. The van der Waals surface area contributed by atoms with Crippen molar-refractivity contribution in [2.45, 2.75) is 24.8 Å². The highest BCUT2D eigenvalue weighted by Crippen LogP contribution is 2.37. The molecule has 1 aliphatic rings. The van der Waals surface area contributed by atoms with Gasteiger partial charge in [-0.2, -0.15) is 0 Å². The van der Waals surface area contributed by atoms with E-state index in [-0.39, 0.29) is 15.9 Å². The molecule has 4 rings (SSSR count). The number of nitrogens with one attached hydrogen (secondary N) is 1. The lowest BCUT2D eigenvalue weighted by atomic mass is 10.1. The molecule has 0 saturated carbocycles. The van der Waals surface area contributed by atoms with Gasteiger partial charge in [0.1, 0.15) is 5.75 Å². The Morgan fingerprint density at radius 2 is 1.90 bits per heavy atom. The SMILES string of the molecule is Cc1ccc(S(=O)(=O)Nc2nc(-c3ccc4c(c3)N(C)C(=O)C(C)O4)cs2)cc1. The van der Waals surface area contributed by atoms with Gasteiger partial charge in [-0.15, -0.1) is 11.3 Å². The fraction of sp³-hybridized carbons (Fsp3) is 0.200. The molecule has 150 valence electrons. The molecule has 0 spiro atoms. The van der Waals surface area contributed by atoms with Crippen LogP contribution in [0.25, 0.3) is 11.3 Å². The lowest BCUT2D eigenvalue weighted by Crippen LogP contribution is -2.41. The third kappa shape index (κ3) is 3.70. The number of hydrogen-bond acceptors (Lipinski definition) is 6. The van der Waals surface area contributed by atoms with Crippen LogP contribution in [0.4, 0.5) is 10.8 Å². The summed E-state index contributed by atoms with van der Waals surface area (Å²) in [7, 11) is -2.01. The molecular formula is C20H19N3O4S2. The number of hydrogen-bond donors (Lipinski definition) is 1. The van der Waals surface area contributed by atoms with E-state index in [9.17, 15) is 13.2 Å². The Labute approximate surface area is 173 Å². The molecule has 0 radical (unpaired) electrons. The molecule has 2 aromatic carbocycles. The Morgan fingerprint density at radius 3 is 2.62 bits per heavy atom. The minimum absolute atomic E-state index is 0.125. The number of likely N-dealkylation sites (N-methyl/N-ethyl adjacent to an activating group) is 1. The van der Waals surface area contributed by atoms with Crippen molar-refractivity contribution in [1.29, 1.82) is 0 Å². The smallest absolute Gasteiger partial charge is 0.267 e. The molecule has 9 heteroatoms. The normalized spacial score (nSPS) is 16.3. The topological polar surface area (TPSA) is 88.6 Å². The molecule has 1 atom stereocenters. The molecule has 1 aromatic heterocycles. The van der Waals surface area contributed by atoms with Crippen molar-refractivity contribution in [3.05, 3.63) is 53.4 Å². The molecule has 1 aliphatic heterocycles. The number of rotatable bonds is 4. The number of aryl methyl sites for hydroxylation is 1.